The van der Waals surface area contributed by atoms with Gasteiger partial charge in [0.05, 0.1) is 6.33 Å². The number of hydrogen-bond donors (Lipinski definition) is 1. The van der Waals surface area contributed by atoms with Gasteiger partial charge in [-0.15, -0.1) is 11.3 Å². The molecule has 0 saturated heterocycles. The molecule has 0 aliphatic rings. The Bertz CT molecular complexity index is 348. The number of nitrogens with one attached hydrogen (secondary N) is 1. The number of hydrogen-bond acceptors (Lipinski definition) is 2. The summed E-state index contributed by atoms with van der Waals surface area (Å²) in [5.74, 6) is 0. The molecule has 0 spiro atoms. The van der Waals surface area contributed by atoms with E-state index in [9.17, 15) is 0 Å². The molecule has 0 radical (unpaired) electrons. The van der Waals surface area contributed by atoms with E-state index in [0.29, 0.717) is 0 Å². The number of aromatic nitrogens is 2. The molecule has 0 atom stereocenters. The van der Waals surface area contributed by atoms with Gasteiger partial charge in [0.1, 0.15) is 0 Å². The van der Waals surface area contributed by atoms with Crippen LogP contribution in [-0.4, -0.2) is 9.97 Å². The molecular weight excluding hydrogens is 168 g/mol. The van der Waals surface area contributed by atoms with Gasteiger partial charge in [0.25, 0.3) is 0 Å². The average Bonchev–Trinajstić information content (AvgIpc) is 2.65. The van der Waals surface area contributed by atoms with E-state index in [0.717, 1.165) is 6.42 Å². The highest BCUT2D eigenvalue weighted by Crippen LogP contribution is 2.17. The van der Waals surface area contributed by atoms with Gasteiger partial charge in [0.15, 0.2) is 0 Å². The highest BCUT2D eigenvalue weighted by molar-refractivity contribution is 7.10. The summed E-state index contributed by atoms with van der Waals surface area (Å²) in [6.07, 6.45) is 4.56. The van der Waals surface area contributed by atoms with Crippen LogP contribution in [0.2, 0.25) is 0 Å². The summed E-state index contributed by atoms with van der Waals surface area (Å²) < 4.78 is 0. The predicted molar refractivity (Wildman–Crippen MR) is 50.4 cm³/mol. The first-order valence-corrected chi connectivity index (χ1v) is 4.74. The largest absolute Gasteiger partial charge is 0.348 e. The van der Waals surface area contributed by atoms with Crippen LogP contribution in [0.15, 0.2) is 24.0 Å². The zero-order valence-electron chi connectivity index (χ0n) is 6.87. The lowest BCUT2D eigenvalue weighted by Gasteiger charge is -1.95. The lowest BCUT2D eigenvalue weighted by atomic mass is 10.1. The van der Waals surface area contributed by atoms with Crippen molar-refractivity contribution < 1.29 is 0 Å². The predicted octanol–water partition coefficient (Wildman–Crippen LogP) is 2.37. The second-order valence-corrected chi connectivity index (χ2v) is 3.88. The van der Waals surface area contributed by atoms with Gasteiger partial charge < -0.3 is 4.98 Å². The van der Waals surface area contributed by atoms with Crippen molar-refractivity contribution in [3.05, 3.63) is 40.1 Å². The number of rotatable bonds is 2. The Morgan fingerprint density at radius 3 is 3.08 bits per heavy atom. The highest BCUT2D eigenvalue weighted by Gasteiger charge is 2.00. The molecule has 0 fully saturated rings. The Hall–Kier alpha value is -1.09. The molecule has 0 unspecified atom stereocenters. The van der Waals surface area contributed by atoms with Crippen LogP contribution in [0.5, 0.6) is 0 Å². The molecule has 1 N–H and O–H groups in total. The van der Waals surface area contributed by atoms with Crippen molar-refractivity contribution in [2.75, 3.05) is 0 Å². The summed E-state index contributed by atoms with van der Waals surface area (Å²) in [7, 11) is 0. The van der Waals surface area contributed by atoms with E-state index in [1.165, 1.54) is 16.1 Å². The van der Waals surface area contributed by atoms with Gasteiger partial charge in [0, 0.05) is 23.2 Å². The number of nitrogens with zero attached hydrogens (tertiary/aromatic N) is 1. The first-order chi connectivity index (χ1) is 5.86. The molecule has 2 heterocycles. The van der Waals surface area contributed by atoms with Crippen LogP contribution >= 0.6 is 11.3 Å². The lowest BCUT2D eigenvalue weighted by Crippen LogP contribution is -1.86. The first kappa shape index (κ1) is 7.55. The molecule has 2 rings (SSSR count). The van der Waals surface area contributed by atoms with Crippen molar-refractivity contribution in [3.63, 3.8) is 0 Å². The quantitative estimate of drug-likeness (QED) is 0.751. The Labute approximate surface area is 75.3 Å². The standard InChI is InChI=1S/C9H10N2S/c1-7-8(2-3-12-7)4-9-5-10-6-11-9/h2-3,5-6H,4H2,1H3,(H,10,11). The minimum Gasteiger partial charge on any atom is -0.348 e. The number of H-pyrrole nitrogens is 1. The third-order valence-electron chi connectivity index (χ3n) is 1.90. The molecule has 12 heavy (non-hydrogen) atoms. The minimum absolute atomic E-state index is 0.968. The summed E-state index contributed by atoms with van der Waals surface area (Å²) in [4.78, 5) is 8.47. The number of aryl methyl sites for hydroxylation is 1. The zero-order chi connectivity index (χ0) is 8.39. The smallest absolute Gasteiger partial charge is 0.0921 e. The van der Waals surface area contributed by atoms with E-state index in [1.807, 2.05) is 6.20 Å². The van der Waals surface area contributed by atoms with Crippen LogP contribution in [0.25, 0.3) is 0 Å². The molecule has 2 aromatic rings. The van der Waals surface area contributed by atoms with Crippen molar-refractivity contribution in [3.8, 4) is 0 Å². The van der Waals surface area contributed by atoms with E-state index in [1.54, 1.807) is 17.7 Å². The molecule has 2 nitrogen and oxygen atoms in total. The summed E-state index contributed by atoms with van der Waals surface area (Å²) in [5, 5.41) is 2.13. The van der Waals surface area contributed by atoms with Crippen LogP contribution in [0.1, 0.15) is 16.1 Å². The van der Waals surface area contributed by atoms with Crippen LogP contribution in [0.3, 0.4) is 0 Å². The SMILES string of the molecule is Cc1sccc1Cc1cnc[nH]1. The summed E-state index contributed by atoms with van der Waals surface area (Å²) in [6, 6.07) is 2.17. The van der Waals surface area contributed by atoms with Crippen LogP contribution < -0.4 is 0 Å². The van der Waals surface area contributed by atoms with Gasteiger partial charge in [-0.1, -0.05) is 0 Å². The fourth-order valence-electron chi connectivity index (χ4n) is 1.18. The number of thiophene rings is 1. The molecule has 0 bridgehead atoms. The topological polar surface area (TPSA) is 28.7 Å². The zero-order valence-corrected chi connectivity index (χ0v) is 7.69. The minimum atomic E-state index is 0.968. The van der Waals surface area contributed by atoms with Crippen LogP contribution in [-0.2, 0) is 6.42 Å². The molecular formula is C9H10N2S. The molecule has 2 aromatic heterocycles. The van der Waals surface area contributed by atoms with Crippen molar-refractivity contribution >= 4 is 11.3 Å². The van der Waals surface area contributed by atoms with Gasteiger partial charge in [0.2, 0.25) is 0 Å². The summed E-state index contributed by atoms with van der Waals surface area (Å²) in [5.41, 5.74) is 2.57. The van der Waals surface area contributed by atoms with Crippen molar-refractivity contribution in [1.82, 2.24) is 9.97 Å². The van der Waals surface area contributed by atoms with Gasteiger partial charge in [-0.2, -0.15) is 0 Å². The Morgan fingerprint density at radius 1 is 1.58 bits per heavy atom. The maximum absolute atomic E-state index is 3.98. The number of imidazole rings is 1. The van der Waals surface area contributed by atoms with E-state index < -0.39 is 0 Å². The van der Waals surface area contributed by atoms with Gasteiger partial charge in [-0.3, -0.25) is 0 Å². The van der Waals surface area contributed by atoms with Crippen molar-refractivity contribution in [2.45, 2.75) is 13.3 Å². The fraction of sp³-hybridized carbons (Fsp3) is 0.222. The maximum Gasteiger partial charge on any atom is 0.0921 e. The van der Waals surface area contributed by atoms with Gasteiger partial charge >= 0.3 is 0 Å². The Balaban J connectivity index is 2.20. The first-order valence-electron chi connectivity index (χ1n) is 3.86. The monoisotopic (exact) mass is 178 g/mol. The average molecular weight is 178 g/mol. The van der Waals surface area contributed by atoms with Crippen LogP contribution in [0.4, 0.5) is 0 Å². The van der Waals surface area contributed by atoms with Gasteiger partial charge in [-0.05, 0) is 23.9 Å². The normalized spacial score (nSPS) is 10.4. The van der Waals surface area contributed by atoms with E-state index in [4.69, 9.17) is 0 Å². The molecule has 0 amide bonds. The highest BCUT2D eigenvalue weighted by atomic mass is 32.1. The van der Waals surface area contributed by atoms with E-state index in [2.05, 4.69) is 28.3 Å². The second-order valence-electron chi connectivity index (χ2n) is 2.76. The maximum atomic E-state index is 3.98. The molecule has 0 aliphatic heterocycles. The van der Waals surface area contributed by atoms with Crippen molar-refractivity contribution in [2.24, 2.45) is 0 Å². The molecule has 0 saturated carbocycles. The molecule has 0 aliphatic carbocycles. The fourth-order valence-corrected chi connectivity index (χ4v) is 1.91. The Kier molecular flexibility index (Phi) is 1.96. The second kappa shape index (κ2) is 3.11. The van der Waals surface area contributed by atoms with E-state index >= 15 is 0 Å². The van der Waals surface area contributed by atoms with E-state index in [-0.39, 0.29) is 0 Å². The molecule has 62 valence electrons. The Morgan fingerprint density at radius 2 is 2.50 bits per heavy atom. The molecule has 0 aromatic carbocycles. The van der Waals surface area contributed by atoms with Crippen LogP contribution in [0, 0.1) is 6.92 Å². The summed E-state index contributed by atoms with van der Waals surface area (Å²) in [6.45, 7) is 2.15. The molecule has 3 heteroatoms. The van der Waals surface area contributed by atoms with Gasteiger partial charge in [-0.25, -0.2) is 4.98 Å². The lowest BCUT2D eigenvalue weighted by molar-refractivity contribution is 1.10. The van der Waals surface area contributed by atoms with Crippen molar-refractivity contribution in [1.29, 1.82) is 0 Å². The summed E-state index contributed by atoms with van der Waals surface area (Å²) >= 11 is 1.79. The third kappa shape index (κ3) is 1.41. The third-order valence-corrected chi connectivity index (χ3v) is 2.79. The number of aromatic amines is 1.